The van der Waals surface area contributed by atoms with Crippen LogP contribution in [0.4, 0.5) is 0 Å². The van der Waals surface area contributed by atoms with Crippen molar-refractivity contribution in [1.82, 2.24) is 4.31 Å². The normalized spacial score (nSPS) is 19.1. The zero-order valence-corrected chi connectivity index (χ0v) is 13.9. The molecule has 1 saturated heterocycles. The summed E-state index contributed by atoms with van der Waals surface area (Å²) in [5, 5.41) is -0.218. The van der Waals surface area contributed by atoms with Crippen molar-refractivity contribution in [3.8, 4) is 0 Å². The van der Waals surface area contributed by atoms with Crippen molar-refractivity contribution < 1.29 is 22.4 Å². The van der Waals surface area contributed by atoms with Gasteiger partial charge in [0.2, 0.25) is 5.09 Å². The van der Waals surface area contributed by atoms with Gasteiger partial charge in [-0.2, -0.15) is 4.31 Å². The summed E-state index contributed by atoms with van der Waals surface area (Å²) in [7, 11) is -2.50. The first-order valence-corrected chi connectivity index (χ1v) is 8.66. The Balaban J connectivity index is 2.20. The monoisotopic (exact) mass is 330 g/mol. The van der Waals surface area contributed by atoms with Gasteiger partial charge in [0.25, 0.3) is 10.0 Å². The molecule has 0 bridgehead atoms. The van der Waals surface area contributed by atoms with Gasteiger partial charge in [-0.25, -0.2) is 13.2 Å². The van der Waals surface area contributed by atoms with Gasteiger partial charge >= 0.3 is 5.97 Å². The number of rotatable bonds is 4. The van der Waals surface area contributed by atoms with E-state index in [4.69, 9.17) is 10.2 Å². The third kappa shape index (κ3) is 3.18. The lowest BCUT2D eigenvalue weighted by atomic mass is 9.92. The highest BCUT2D eigenvalue weighted by Gasteiger charge is 2.33. The van der Waals surface area contributed by atoms with Crippen molar-refractivity contribution in [2.24, 2.45) is 11.7 Å². The molecule has 0 saturated carbocycles. The summed E-state index contributed by atoms with van der Waals surface area (Å²) in [4.78, 5) is 11.6. The third-order valence-corrected chi connectivity index (χ3v) is 5.89. The summed E-state index contributed by atoms with van der Waals surface area (Å²) >= 11 is 0. The largest absolute Gasteiger partial charge is 0.465 e. The zero-order valence-electron chi connectivity index (χ0n) is 13.0. The first-order chi connectivity index (χ1) is 10.3. The molecule has 1 unspecified atom stereocenters. The number of carbonyl (C=O) groups is 1. The second kappa shape index (κ2) is 6.39. The maximum Gasteiger partial charge on any atom is 0.341 e. The quantitative estimate of drug-likeness (QED) is 0.830. The molecule has 2 N–H and O–H groups in total. The van der Waals surface area contributed by atoms with Crippen molar-refractivity contribution in [1.29, 1.82) is 0 Å². The molecule has 2 heterocycles. The van der Waals surface area contributed by atoms with Crippen molar-refractivity contribution in [3.05, 3.63) is 17.4 Å². The minimum Gasteiger partial charge on any atom is -0.465 e. The van der Waals surface area contributed by atoms with Crippen LogP contribution in [0.3, 0.4) is 0 Å². The van der Waals surface area contributed by atoms with E-state index in [2.05, 4.69) is 4.74 Å². The Hall–Kier alpha value is -1.38. The molecule has 7 nitrogen and oxygen atoms in total. The fourth-order valence-electron chi connectivity index (χ4n) is 2.66. The van der Waals surface area contributed by atoms with E-state index in [9.17, 15) is 13.2 Å². The third-order valence-electron chi connectivity index (χ3n) is 4.14. The minimum atomic E-state index is -3.74. The number of sulfonamides is 1. The average Bonchev–Trinajstić information content (AvgIpc) is 2.89. The van der Waals surface area contributed by atoms with Crippen LogP contribution in [0.5, 0.6) is 0 Å². The topological polar surface area (TPSA) is 103 Å². The zero-order chi connectivity index (χ0) is 16.5. The molecule has 0 radical (unpaired) electrons. The number of hydrogen-bond donors (Lipinski definition) is 1. The van der Waals surface area contributed by atoms with Gasteiger partial charge in [0.05, 0.1) is 7.11 Å². The van der Waals surface area contributed by atoms with Crippen LogP contribution in [0.25, 0.3) is 0 Å². The number of hydrogen-bond acceptors (Lipinski definition) is 6. The summed E-state index contributed by atoms with van der Waals surface area (Å²) in [5.41, 5.74) is 6.00. The smallest absolute Gasteiger partial charge is 0.341 e. The Labute approximate surface area is 130 Å². The lowest BCUT2D eigenvalue weighted by Gasteiger charge is -2.32. The van der Waals surface area contributed by atoms with Crippen LogP contribution in [0.15, 0.2) is 15.6 Å². The molecule has 0 amide bonds. The van der Waals surface area contributed by atoms with E-state index in [0.29, 0.717) is 19.0 Å². The molecule has 2 rings (SSSR count). The van der Waals surface area contributed by atoms with Gasteiger partial charge in [-0.3, -0.25) is 0 Å². The highest BCUT2D eigenvalue weighted by atomic mass is 32.2. The molecular weight excluding hydrogens is 308 g/mol. The second-order valence-electron chi connectivity index (χ2n) is 5.63. The number of furan rings is 1. The predicted octanol–water partition coefficient (Wildman–Crippen LogP) is 1.12. The summed E-state index contributed by atoms with van der Waals surface area (Å²) in [6, 6.07) is 1.29. The number of nitrogens with two attached hydrogens (primary N) is 1. The number of carbonyl (C=O) groups excluding carboxylic acids is 1. The van der Waals surface area contributed by atoms with E-state index in [1.807, 2.05) is 6.92 Å². The Morgan fingerprint density at radius 3 is 2.55 bits per heavy atom. The summed E-state index contributed by atoms with van der Waals surface area (Å²) in [6.07, 6.45) is 1.45. The number of piperidine rings is 1. The summed E-state index contributed by atoms with van der Waals surface area (Å²) < 4.78 is 36.4. The molecule has 0 aliphatic carbocycles. The molecule has 1 fully saturated rings. The Morgan fingerprint density at radius 2 is 2.05 bits per heavy atom. The first kappa shape index (κ1) is 17.0. The van der Waals surface area contributed by atoms with Crippen LogP contribution in [0.1, 0.15) is 35.9 Å². The molecule has 1 aliphatic rings. The van der Waals surface area contributed by atoms with Crippen molar-refractivity contribution in [3.63, 3.8) is 0 Å². The number of ether oxygens (including phenoxy) is 1. The van der Waals surface area contributed by atoms with E-state index >= 15 is 0 Å². The number of aryl methyl sites for hydroxylation is 1. The number of esters is 1. The predicted molar refractivity (Wildman–Crippen MR) is 79.9 cm³/mol. The van der Waals surface area contributed by atoms with E-state index < -0.39 is 16.0 Å². The van der Waals surface area contributed by atoms with Gasteiger partial charge in [0, 0.05) is 25.2 Å². The fourth-order valence-corrected chi connectivity index (χ4v) is 4.11. The van der Waals surface area contributed by atoms with Crippen LogP contribution >= 0.6 is 0 Å². The van der Waals surface area contributed by atoms with Crippen molar-refractivity contribution >= 4 is 16.0 Å². The lowest BCUT2D eigenvalue weighted by Crippen LogP contribution is -2.42. The molecule has 1 aliphatic heterocycles. The van der Waals surface area contributed by atoms with Gasteiger partial charge in [-0.05, 0) is 32.6 Å². The Bertz CT molecular complexity index is 642. The highest BCUT2D eigenvalue weighted by molar-refractivity contribution is 7.89. The van der Waals surface area contributed by atoms with E-state index in [1.54, 1.807) is 0 Å². The van der Waals surface area contributed by atoms with E-state index in [0.717, 1.165) is 12.8 Å². The maximum atomic E-state index is 12.6. The molecule has 1 aromatic rings. The lowest BCUT2D eigenvalue weighted by molar-refractivity contribution is 0.0599. The Morgan fingerprint density at radius 1 is 1.45 bits per heavy atom. The molecule has 0 aromatic carbocycles. The van der Waals surface area contributed by atoms with E-state index in [-0.39, 0.29) is 22.5 Å². The Kier molecular flexibility index (Phi) is 4.93. The molecule has 8 heteroatoms. The van der Waals surface area contributed by atoms with Gasteiger partial charge in [0.1, 0.15) is 11.3 Å². The first-order valence-electron chi connectivity index (χ1n) is 7.22. The average molecular weight is 330 g/mol. The molecule has 1 aromatic heterocycles. The van der Waals surface area contributed by atoms with Crippen LogP contribution < -0.4 is 5.73 Å². The van der Waals surface area contributed by atoms with Crippen molar-refractivity contribution in [2.75, 3.05) is 20.2 Å². The summed E-state index contributed by atoms with van der Waals surface area (Å²) in [6.45, 7) is 4.28. The fraction of sp³-hybridized carbons (Fsp3) is 0.643. The van der Waals surface area contributed by atoms with Gasteiger partial charge in [-0.15, -0.1) is 0 Å². The summed E-state index contributed by atoms with van der Waals surface area (Å²) in [5.74, 6) is -0.0512. The molecule has 124 valence electrons. The van der Waals surface area contributed by atoms with Gasteiger partial charge < -0.3 is 14.9 Å². The molecule has 22 heavy (non-hydrogen) atoms. The molecular formula is C14H22N2O5S. The molecule has 0 spiro atoms. The second-order valence-corrected chi connectivity index (χ2v) is 7.50. The van der Waals surface area contributed by atoms with Crippen LogP contribution in [-0.2, 0) is 14.8 Å². The van der Waals surface area contributed by atoms with Gasteiger partial charge in [-0.1, -0.05) is 0 Å². The van der Waals surface area contributed by atoms with E-state index in [1.165, 1.54) is 24.4 Å². The molecule has 1 atom stereocenters. The number of methoxy groups -OCH3 is 1. The van der Waals surface area contributed by atoms with Gasteiger partial charge in [0.15, 0.2) is 0 Å². The van der Waals surface area contributed by atoms with Crippen LogP contribution in [-0.4, -0.2) is 44.9 Å². The van der Waals surface area contributed by atoms with Crippen LogP contribution in [0.2, 0.25) is 0 Å². The van der Waals surface area contributed by atoms with Crippen molar-refractivity contribution in [2.45, 2.75) is 37.8 Å². The number of nitrogens with zero attached hydrogens (tertiary/aromatic N) is 1. The van der Waals surface area contributed by atoms with Crippen LogP contribution in [0, 0.1) is 12.8 Å². The SMILES string of the molecule is COC(=O)c1cc(S(=O)(=O)N2CCC(C(C)N)CC2)oc1C. The maximum absolute atomic E-state index is 12.6. The highest BCUT2D eigenvalue weighted by Crippen LogP contribution is 2.27. The standard InChI is InChI=1S/C14H22N2O5S/c1-9(15)11-4-6-16(7-5-11)22(18,19)13-8-12(10(2)21-13)14(17)20-3/h8-9,11H,4-7,15H2,1-3H3. The minimum absolute atomic E-state index is 0.0571.